The number of amides is 1. The Morgan fingerprint density at radius 1 is 0.895 bits per heavy atom. The maximum atomic E-state index is 12.9. The van der Waals surface area contributed by atoms with Crippen LogP contribution in [0.4, 0.5) is 0 Å². The molecule has 1 heterocycles. The van der Waals surface area contributed by atoms with Crippen molar-refractivity contribution in [2.45, 2.75) is 69.9 Å². The summed E-state index contributed by atoms with van der Waals surface area (Å²) in [5, 5.41) is 0. The van der Waals surface area contributed by atoms with E-state index in [1.165, 1.54) is 44.9 Å². The van der Waals surface area contributed by atoms with Crippen LogP contribution in [0.1, 0.15) is 57.8 Å². The fraction of sp³-hybridized carbons (Fsp3) is 0.938. The number of rotatable bonds is 3. The molecule has 0 aromatic heterocycles. The second-order valence-electron chi connectivity index (χ2n) is 6.85. The van der Waals surface area contributed by atoms with E-state index in [-0.39, 0.29) is 0 Å². The summed E-state index contributed by atoms with van der Waals surface area (Å²) in [4.78, 5) is 17.6. The third-order valence-corrected chi connectivity index (χ3v) is 5.23. The number of nitrogens with zero attached hydrogens (tertiary/aromatic N) is 2. The van der Waals surface area contributed by atoms with Gasteiger partial charge in [-0.2, -0.15) is 0 Å². The summed E-state index contributed by atoms with van der Waals surface area (Å²) >= 11 is 0. The fourth-order valence-electron chi connectivity index (χ4n) is 3.84. The van der Waals surface area contributed by atoms with Crippen LogP contribution in [0.25, 0.3) is 0 Å². The van der Waals surface area contributed by atoms with E-state index in [1.54, 1.807) is 0 Å². The van der Waals surface area contributed by atoms with Crippen LogP contribution < -0.4 is 0 Å². The first-order valence-corrected chi connectivity index (χ1v) is 8.26. The van der Waals surface area contributed by atoms with Gasteiger partial charge in [0.2, 0.25) is 5.91 Å². The SMILES string of the molecule is CN1CCC(N(C(=O)C2CCCCC2)C2CC2)CC1. The molecule has 3 fully saturated rings. The quantitative estimate of drug-likeness (QED) is 0.782. The average Bonchev–Trinajstić information content (AvgIpc) is 3.27. The number of hydrogen-bond donors (Lipinski definition) is 0. The Morgan fingerprint density at radius 3 is 2.05 bits per heavy atom. The van der Waals surface area contributed by atoms with Gasteiger partial charge in [-0.25, -0.2) is 0 Å². The van der Waals surface area contributed by atoms with Crippen molar-refractivity contribution >= 4 is 5.91 Å². The molecule has 0 radical (unpaired) electrons. The molecule has 0 spiro atoms. The molecule has 0 aromatic rings. The van der Waals surface area contributed by atoms with Gasteiger partial charge < -0.3 is 9.80 Å². The van der Waals surface area contributed by atoms with Crippen LogP contribution in [-0.4, -0.2) is 47.9 Å². The molecule has 3 heteroatoms. The van der Waals surface area contributed by atoms with Gasteiger partial charge >= 0.3 is 0 Å². The van der Waals surface area contributed by atoms with E-state index in [2.05, 4.69) is 16.8 Å². The van der Waals surface area contributed by atoms with Gasteiger partial charge in [0, 0.05) is 18.0 Å². The average molecular weight is 264 g/mol. The van der Waals surface area contributed by atoms with Crippen molar-refractivity contribution in [2.75, 3.05) is 20.1 Å². The second-order valence-corrected chi connectivity index (χ2v) is 6.85. The predicted molar refractivity (Wildman–Crippen MR) is 77.0 cm³/mol. The molecule has 3 aliphatic rings. The number of carbonyl (C=O) groups is 1. The number of piperidine rings is 1. The molecule has 1 aliphatic heterocycles. The van der Waals surface area contributed by atoms with Crippen molar-refractivity contribution in [3.63, 3.8) is 0 Å². The molecule has 0 bridgehead atoms. The van der Waals surface area contributed by atoms with Gasteiger partial charge in [-0.15, -0.1) is 0 Å². The molecule has 3 rings (SSSR count). The molecule has 108 valence electrons. The van der Waals surface area contributed by atoms with E-state index >= 15 is 0 Å². The minimum Gasteiger partial charge on any atom is -0.336 e. The summed E-state index contributed by atoms with van der Waals surface area (Å²) < 4.78 is 0. The van der Waals surface area contributed by atoms with E-state index in [9.17, 15) is 4.79 Å². The van der Waals surface area contributed by atoms with Crippen LogP contribution in [0.15, 0.2) is 0 Å². The molecule has 2 aliphatic carbocycles. The highest BCUT2D eigenvalue weighted by Crippen LogP contribution is 2.35. The Bertz CT molecular complexity index is 313. The summed E-state index contributed by atoms with van der Waals surface area (Å²) in [6.07, 6.45) is 11.0. The van der Waals surface area contributed by atoms with Crippen molar-refractivity contribution < 1.29 is 4.79 Å². The molecular formula is C16H28N2O. The van der Waals surface area contributed by atoms with E-state index < -0.39 is 0 Å². The number of carbonyl (C=O) groups excluding carboxylic acids is 1. The van der Waals surface area contributed by atoms with Gasteiger partial charge in [-0.3, -0.25) is 4.79 Å². The Hall–Kier alpha value is -0.570. The van der Waals surface area contributed by atoms with Crippen molar-refractivity contribution in [1.82, 2.24) is 9.80 Å². The van der Waals surface area contributed by atoms with Crippen molar-refractivity contribution in [3.05, 3.63) is 0 Å². The van der Waals surface area contributed by atoms with Crippen LogP contribution >= 0.6 is 0 Å². The maximum Gasteiger partial charge on any atom is 0.226 e. The lowest BCUT2D eigenvalue weighted by molar-refractivity contribution is -0.140. The molecule has 19 heavy (non-hydrogen) atoms. The Kier molecular flexibility index (Phi) is 4.11. The molecular weight excluding hydrogens is 236 g/mol. The fourth-order valence-corrected chi connectivity index (χ4v) is 3.84. The van der Waals surface area contributed by atoms with Crippen LogP contribution in [0.5, 0.6) is 0 Å². The second kappa shape index (κ2) is 5.82. The lowest BCUT2D eigenvalue weighted by Gasteiger charge is -2.39. The first-order chi connectivity index (χ1) is 9.25. The smallest absolute Gasteiger partial charge is 0.226 e. The van der Waals surface area contributed by atoms with E-state index in [0.29, 0.717) is 23.9 Å². The Balaban J connectivity index is 1.64. The lowest BCUT2D eigenvalue weighted by atomic mass is 9.87. The summed E-state index contributed by atoms with van der Waals surface area (Å²) in [5.41, 5.74) is 0. The van der Waals surface area contributed by atoms with Gasteiger partial charge in [0.1, 0.15) is 0 Å². The van der Waals surface area contributed by atoms with E-state index in [4.69, 9.17) is 0 Å². The molecule has 0 atom stereocenters. The molecule has 0 unspecified atom stereocenters. The highest BCUT2D eigenvalue weighted by atomic mass is 16.2. The predicted octanol–water partition coefficient (Wildman–Crippen LogP) is 2.65. The zero-order chi connectivity index (χ0) is 13.2. The van der Waals surface area contributed by atoms with E-state index in [0.717, 1.165) is 25.9 Å². The lowest BCUT2D eigenvalue weighted by Crippen LogP contribution is -2.49. The summed E-state index contributed by atoms with van der Waals surface area (Å²) in [6.45, 7) is 2.32. The van der Waals surface area contributed by atoms with Gasteiger partial charge in [-0.1, -0.05) is 19.3 Å². The first-order valence-electron chi connectivity index (χ1n) is 8.26. The molecule has 3 nitrogen and oxygen atoms in total. The summed E-state index contributed by atoms with van der Waals surface area (Å²) in [7, 11) is 2.20. The molecule has 0 aromatic carbocycles. The summed E-state index contributed by atoms with van der Waals surface area (Å²) in [6, 6.07) is 1.14. The van der Waals surface area contributed by atoms with Crippen LogP contribution in [0.2, 0.25) is 0 Å². The minimum absolute atomic E-state index is 0.356. The topological polar surface area (TPSA) is 23.6 Å². The Labute approximate surface area is 117 Å². The van der Waals surface area contributed by atoms with Crippen LogP contribution in [0, 0.1) is 5.92 Å². The Morgan fingerprint density at radius 2 is 1.47 bits per heavy atom. The zero-order valence-corrected chi connectivity index (χ0v) is 12.3. The van der Waals surface area contributed by atoms with Crippen molar-refractivity contribution in [3.8, 4) is 0 Å². The molecule has 1 saturated heterocycles. The highest BCUT2D eigenvalue weighted by molar-refractivity contribution is 5.80. The molecule has 0 N–H and O–H groups in total. The third kappa shape index (κ3) is 3.13. The van der Waals surface area contributed by atoms with Crippen molar-refractivity contribution in [2.24, 2.45) is 5.92 Å². The summed E-state index contributed by atoms with van der Waals surface area (Å²) in [5.74, 6) is 0.866. The molecule has 2 saturated carbocycles. The van der Waals surface area contributed by atoms with Crippen LogP contribution in [-0.2, 0) is 4.79 Å². The highest BCUT2D eigenvalue weighted by Gasteiger charge is 2.40. The largest absolute Gasteiger partial charge is 0.336 e. The first kappa shape index (κ1) is 13.4. The maximum absolute atomic E-state index is 12.9. The monoisotopic (exact) mass is 264 g/mol. The number of likely N-dealkylation sites (tertiary alicyclic amines) is 1. The van der Waals surface area contributed by atoms with Gasteiger partial charge in [0.15, 0.2) is 0 Å². The van der Waals surface area contributed by atoms with E-state index in [1.807, 2.05) is 0 Å². The standard InChI is InChI=1S/C16H28N2O/c1-17-11-9-15(10-12-17)18(14-7-8-14)16(19)13-5-3-2-4-6-13/h13-15H,2-12H2,1H3. The van der Waals surface area contributed by atoms with Gasteiger partial charge in [0.25, 0.3) is 0 Å². The van der Waals surface area contributed by atoms with Gasteiger partial charge in [0.05, 0.1) is 0 Å². The third-order valence-electron chi connectivity index (χ3n) is 5.23. The minimum atomic E-state index is 0.356. The van der Waals surface area contributed by atoms with Crippen molar-refractivity contribution in [1.29, 1.82) is 0 Å². The number of hydrogen-bond acceptors (Lipinski definition) is 2. The zero-order valence-electron chi connectivity index (χ0n) is 12.3. The van der Waals surface area contributed by atoms with Crippen LogP contribution in [0.3, 0.4) is 0 Å². The normalized spacial score (nSPS) is 27.4. The molecule has 1 amide bonds. The van der Waals surface area contributed by atoms with Gasteiger partial charge in [-0.05, 0) is 58.7 Å².